The number of fused-ring (bicyclic) bond motifs is 1. The highest BCUT2D eigenvalue weighted by Crippen LogP contribution is 2.18. The molecule has 1 N–H and O–H groups in total. The summed E-state index contributed by atoms with van der Waals surface area (Å²) in [5.41, 5.74) is 1.34. The summed E-state index contributed by atoms with van der Waals surface area (Å²) in [6.07, 6.45) is 1.40. The quantitative estimate of drug-likeness (QED) is 0.621. The van der Waals surface area contributed by atoms with Crippen LogP contribution in [0.15, 0.2) is 42.5 Å². The van der Waals surface area contributed by atoms with Gasteiger partial charge in [-0.3, -0.25) is 4.79 Å². The lowest BCUT2D eigenvalue weighted by Gasteiger charge is -2.08. The minimum absolute atomic E-state index is 0.134. The van der Waals surface area contributed by atoms with E-state index in [0.717, 1.165) is 13.0 Å². The fourth-order valence-corrected chi connectivity index (χ4v) is 2.28. The van der Waals surface area contributed by atoms with Crippen molar-refractivity contribution in [3.05, 3.63) is 48.0 Å². The van der Waals surface area contributed by atoms with Gasteiger partial charge in [0.25, 0.3) is 0 Å². The summed E-state index contributed by atoms with van der Waals surface area (Å²) in [7, 11) is 0. The number of rotatable bonds is 7. The van der Waals surface area contributed by atoms with Gasteiger partial charge < -0.3 is 10.1 Å². The number of esters is 1. The topological polar surface area (TPSA) is 38.3 Å². The Labute approximate surface area is 119 Å². The highest BCUT2D eigenvalue weighted by Gasteiger charge is 2.02. The third-order valence-corrected chi connectivity index (χ3v) is 3.26. The molecule has 0 amide bonds. The number of nitrogens with one attached hydrogen (secondary N) is 1. The van der Waals surface area contributed by atoms with Gasteiger partial charge in [0.15, 0.2) is 0 Å². The summed E-state index contributed by atoms with van der Waals surface area (Å²) >= 11 is 0. The third-order valence-electron chi connectivity index (χ3n) is 3.26. The van der Waals surface area contributed by atoms with Gasteiger partial charge in [0, 0.05) is 6.54 Å². The van der Waals surface area contributed by atoms with Crippen LogP contribution in [-0.2, 0) is 16.0 Å². The second-order valence-electron chi connectivity index (χ2n) is 4.69. The van der Waals surface area contributed by atoms with Crippen LogP contribution >= 0.6 is 0 Å². The van der Waals surface area contributed by atoms with Crippen LogP contribution in [0.1, 0.15) is 18.9 Å². The highest BCUT2D eigenvalue weighted by atomic mass is 16.5. The summed E-state index contributed by atoms with van der Waals surface area (Å²) in [6, 6.07) is 14.8. The molecule has 0 bridgehead atoms. The lowest BCUT2D eigenvalue weighted by atomic mass is 10.0. The summed E-state index contributed by atoms with van der Waals surface area (Å²) in [6.45, 7) is 3.82. The zero-order valence-electron chi connectivity index (χ0n) is 11.9. The van der Waals surface area contributed by atoms with Crippen LogP contribution < -0.4 is 5.32 Å². The molecule has 3 heteroatoms. The Bertz CT molecular complexity index is 560. The van der Waals surface area contributed by atoms with Crippen molar-refractivity contribution in [1.82, 2.24) is 5.32 Å². The van der Waals surface area contributed by atoms with Crippen molar-refractivity contribution in [1.29, 1.82) is 0 Å². The molecule has 0 fully saturated rings. The zero-order chi connectivity index (χ0) is 14.2. The van der Waals surface area contributed by atoms with Crippen molar-refractivity contribution in [3.63, 3.8) is 0 Å². The molecule has 2 aromatic rings. The van der Waals surface area contributed by atoms with Crippen LogP contribution in [-0.4, -0.2) is 25.7 Å². The van der Waals surface area contributed by atoms with Gasteiger partial charge in [-0.25, -0.2) is 0 Å². The Hall–Kier alpha value is -1.87. The van der Waals surface area contributed by atoms with Gasteiger partial charge in [-0.1, -0.05) is 42.5 Å². The van der Waals surface area contributed by atoms with Gasteiger partial charge in [-0.2, -0.15) is 0 Å². The largest absolute Gasteiger partial charge is 0.466 e. The highest BCUT2D eigenvalue weighted by molar-refractivity contribution is 5.85. The second kappa shape index (κ2) is 7.65. The molecule has 0 saturated heterocycles. The van der Waals surface area contributed by atoms with Crippen molar-refractivity contribution in [2.45, 2.75) is 19.8 Å². The average molecular weight is 271 g/mol. The molecule has 0 aromatic heterocycles. The van der Waals surface area contributed by atoms with Crippen LogP contribution in [0.2, 0.25) is 0 Å². The van der Waals surface area contributed by atoms with Gasteiger partial charge in [0.05, 0.1) is 13.0 Å². The van der Waals surface area contributed by atoms with E-state index < -0.39 is 0 Å². The number of benzene rings is 2. The van der Waals surface area contributed by atoms with Crippen molar-refractivity contribution in [2.24, 2.45) is 0 Å². The van der Waals surface area contributed by atoms with Crippen LogP contribution in [0.4, 0.5) is 0 Å². The predicted octanol–water partition coefficient (Wildman–Crippen LogP) is 2.93. The molecule has 3 nitrogen and oxygen atoms in total. The molecular formula is C17H21NO2. The van der Waals surface area contributed by atoms with Gasteiger partial charge in [-0.05, 0) is 36.2 Å². The summed E-state index contributed by atoms with van der Waals surface area (Å²) in [5, 5.41) is 5.87. The predicted molar refractivity (Wildman–Crippen MR) is 81.8 cm³/mol. The monoisotopic (exact) mass is 271 g/mol. The summed E-state index contributed by atoms with van der Waals surface area (Å²) < 4.78 is 4.89. The first-order valence-electron chi connectivity index (χ1n) is 7.14. The minimum atomic E-state index is -0.134. The van der Waals surface area contributed by atoms with Crippen molar-refractivity contribution in [3.8, 4) is 0 Å². The molecule has 0 spiro atoms. The van der Waals surface area contributed by atoms with E-state index in [9.17, 15) is 4.79 Å². The standard InChI is InChI=1S/C17H21NO2/c1-2-20-17(19)11-13-18-12-10-15-8-5-7-14-6-3-4-9-16(14)15/h3-9,18H,2,10-13H2,1H3. The minimum Gasteiger partial charge on any atom is -0.466 e. The Kier molecular flexibility index (Phi) is 5.56. The maximum atomic E-state index is 11.2. The maximum Gasteiger partial charge on any atom is 0.307 e. The van der Waals surface area contributed by atoms with Gasteiger partial charge >= 0.3 is 5.97 Å². The normalized spacial score (nSPS) is 10.7. The number of hydrogen-bond donors (Lipinski definition) is 1. The smallest absolute Gasteiger partial charge is 0.307 e. The van der Waals surface area contributed by atoms with E-state index in [1.165, 1.54) is 16.3 Å². The molecule has 0 aliphatic carbocycles. The van der Waals surface area contributed by atoms with Crippen LogP contribution in [0, 0.1) is 0 Å². The second-order valence-corrected chi connectivity index (χ2v) is 4.69. The van der Waals surface area contributed by atoms with Crippen LogP contribution in [0.5, 0.6) is 0 Å². The van der Waals surface area contributed by atoms with Crippen molar-refractivity contribution in [2.75, 3.05) is 19.7 Å². The Balaban J connectivity index is 1.80. The number of carbonyl (C=O) groups excluding carboxylic acids is 1. The van der Waals surface area contributed by atoms with E-state index in [0.29, 0.717) is 19.6 Å². The molecule has 20 heavy (non-hydrogen) atoms. The number of hydrogen-bond acceptors (Lipinski definition) is 3. The first-order valence-corrected chi connectivity index (χ1v) is 7.14. The van der Waals surface area contributed by atoms with Crippen molar-refractivity contribution >= 4 is 16.7 Å². The van der Waals surface area contributed by atoms with Crippen LogP contribution in [0.3, 0.4) is 0 Å². The molecular weight excluding hydrogens is 250 g/mol. The fraction of sp³-hybridized carbons (Fsp3) is 0.353. The molecule has 2 aromatic carbocycles. The molecule has 0 atom stereocenters. The van der Waals surface area contributed by atoms with E-state index in [1.54, 1.807) is 0 Å². The van der Waals surface area contributed by atoms with Gasteiger partial charge in [0.2, 0.25) is 0 Å². The summed E-state index contributed by atoms with van der Waals surface area (Å²) in [4.78, 5) is 11.2. The molecule has 0 saturated carbocycles. The number of carbonyl (C=O) groups is 1. The zero-order valence-corrected chi connectivity index (χ0v) is 11.9. The van der Waals surface area contributed by atoms with E-state index in [2.05, 4.69) is 47.8 Å². The molecule has 0 aliphatic heterocycles. The molecule has 0 aliphatic rings. The fourth-order valence-electron chi connectivity index (χ4n) is 2.28. The Morgan fingerprint density at radius 1 is 1.10 bits per heavy atom. The molecule has 0 unspecified atom stereocenters. The molecule has 106 valence electrons. The lowest BCUT2D eigenvalue weighted by molar-refractivity contribution is -0.142. The molecule has 2 rings (SSSR count). The number of ether oxygens (including phenoxy) is 1. The Morgan fingerprint density at radius 2 is 1.90 bits per heavy atom. The van der Waals surface area contributed by atoms with Crippen molar-refractivity contribution < 1.29 is 9.53 Å². The lowest BCUT2D eigenvalue weighted by Crippen LogP contribution is -2.21. The molecule has 0 heterocycles. The van der Waals surface area contributed by atoms with E-state index in [1.807, 2.05) is 6.92 Å². The van der Waals surface area contributed by atoms with Gasteiger partial charge in [-0.15, -0.1) is 0 Å². The first-order chi connectivity index (χ1) is 9.81. The average Bonchev–Trinajstić information content (AvgIpc) is 2.47. The third kappa shape index (κ3) is 4.07. The van der Waals surface area contributed by atoms with E-state index in [-0.39, 0.29) is 5.97 Å². The van der Waals surface area contributed by atoms with E-state index in [4.69, 9.17) is 4.74 Å². The maximum absolute atomic E-state index is 11.2. The SMILES string of the molecule is CCOC(=O)CCNCCc1cccc2ccccc12. The first kappa shape index (κ1) is 14.5. The van der Waals surface area contributed by atoms with Gasteiger partial charge in [0.1, 0.15) is 0 Å². The Morgan fingerprint density at radius 3 is 2.75 bits per heavy atom. The van der Waals surface area contributed by atoms with E-state index >= 15 is 0 Å². The van der Waals surface area contributed by atoms with Crippen LogP contribution in [0.25, 0.3) is 10.8 Å². The summed E-state index contributed by atoms with van der Waals surface area (Å²) in [5.74, 6) is -0.134. The molecule has 0 radical (unpaired) electrons.